The number of ketones is 1. The zero-order valence-corrected chi connectivity index (χ0v) is 20.7. The van der Waals surface area contributed by atoms with Crippen LogP contribution in [-0.4, -0.2) is 36.0 Å². The van der Waals surface area contributed by atoms with E-state index in [1.807, 2.05) is 48.5 Å². The van der Waals surface area contributed by atoms with Gasteiger partial charge in [0.25, 0.3) is 0 Å². The van der Waals surface area contributed by atoms with E-state index in [4.69, 9.17) is 0 Å². The number of H-pyrrole nitrogens is 2. The fraction of sp³-hybridized carbons (Fsp3) is 0.393. The summed E-state index contributed by atoms with van der Waals surface area (Å²) in [5.74, 6) is 0.693. The predicted molar refractivity (Wildman–Crippen MR) is 139 cm³/mol. The van der Waals surface area contributed by atoms with Crippen LogP contribution in [0.25, 0.3) is 22.5 Å². The fourth-order valence-corrected chi connectivity index (χ4v) is 5.23. The third-order valence-corrected chi connectivity index (χ3v) is 7.20. The second-order valence-corrected chi connectivity index (χ2v) is 9.62. The lowest BCUT2D eigenvalue weighted by molar-refractivity contribution is 0.0883. The normalized spacial score (nSPS) is 14.2. The Balaban J connectivity index is 1.42. The minimum Gasteiger partial charge on any atom is -0.303 e. The molecule has 0 radical (unpaired) electrons. The number of Topliss-reactive ketones (excluding diaryl/α,β-unsaturated/α-hetero) is 1. The average molecular weight is 485 g/mol. The second kappa shape index (κ2) is 10.8. The number of aromatic amines is 2. The molecule has 2 N–H and O–H groups in total. The number of hydrogen-bond acceptors (Lipinski definition) is 5. The number of imidazole rings is 1. The van der Waals surface area contributed by atoms with Gasteiger partial charge in [0.1, 0.15) is 5.69 Å². The topological polar surface area (TPSA) is 109 Å². The Morgan fingerprint density at radius 1 is 1.03 bits per heavy atom. The third kappa shape index (κ3) is 4.94. The molecule has 0 amide bonds. The van der Waals surface area contributed by atoms with Crippen molar-refractivity contribution >= 4 is 5.78 Å². The molecule has 2 aromatic heterocycles. The molecule has 1 fully saturated rings. The Morgan fingerprint density at radius 3 is 2.47 bits per heavy atom. The third-order valence-electron chi connectivity index (χ3n) is 7.20. The summed E-state index contributed by atoms with van der Waals surface area (Å²) in [4.78, 5) is 29.3. The predicted octanol–water partition coefficient (Wildman–Crippen LogP) is 5.18. The maximum Gasteiger partial charge on any atom is 0.326 e. The molecule has 0 bridgehead atoms. The van der Waals surface area contributed by atoms with Crippen molar-refractivity contribution in [2.45, 2.75) is 64.8 Å². The maximum atomic E-state index is 13.3. The molecule has 8 nitrogen and oxygen atoms in total. The van der Waals surface area contributed by atoms with Gasteiger partial charge in [-0.15, -0.1) is 10.2 Å². The minimum absolute atomic E-state index is 0.0317. The molecular weight excluding hydrogens is 452 g/mol. The van der Waals surface area contributed by atoms with Gasteiger partial charge in [0.2, 0.25) is 5.82 Å². The molecule has 2 aromatic carbocycles. The number of nitrogens with one attached hydrogen (secondary N) is 2. The molecule has 36 heavy (non-hydrogen) atoms. The van der Waals surface area contributed by atoms with Gasteiger partial charge in [-0.05, 0) is 47.6 Å². The first kappa shape index (κ1) is 23.9. The quantitative estimate of drug-likeness (QED) is 0.318. The summed E-state index contributed by atoms with van der Waals surface area (Å²) in [5, 5.41) is 14.4. The van der Waals surface area contributed by atoms with E-state index in [1.165, 1.54) is 6.42 Å². The molecule has 1 saturated carbocycles. The molecule has 0 saturated heterocycles. The molecule has 1 aliphatic carbocycles. The van der Waals surface area contributed by atoms with E-state index in [0.29, 0.717) is 18.1 Å². The van der Waals surface area contributed by atoms with Gasteiger partial charge in [-0.25, -0.2) is 4.79 Å². The van der Waals surface area contributed by atoms with E-state index in [1.54, 1.807) is 4.57 Å². The highest BCUT2D eigenvalue weighted by atomic mass is 16.2. The summed E-state index contributed by atoms with van der Waals surface area (Å²) in [6.45, 7) is 2.56. The first-order chi connectivity index (χ1) is 17.7. The highest BCUT2D eigenvalue weighted by Crippen LogP contribution is 2.30. The van der Waals surface area contributed by atoms with E-state index in [9.17, 15) is 9.59 Å². The van der Waals surface area contributed by atoms with Crippen LogP contribution in [0.3, 0.4) is 0 Å². The molecule has 4 aromatic rings. The fourth-order valence-electron chi connectivity index (χ4n) is 5.23. The molecular formula is C28H32N6O2. The highest BCUT2D eigenvalue weighted by Gasteiger charge is 2.27. The number of tetrazole rings is 1. The van der Waals surface area contributed by atoms with Gasteiger partial charge < -0.3 is 4.98 Å². The van der Waals surface area contributed by atoms with Crippen LogP contribution in [0.1, 0.15) is 73.6 Å². The molecule has 0 aliphatic heterocycles. The van der Waals surface area contributed by atoms with E-state index in [2.05, 4.69) is 32.5 Å². The largest absolute Gasteiger partial charge is 0.326 e. The molecule has 5 rings (SSSR count). The monoisotopic (exact) mass is 484 g/mol. The van der Waals surface area contributed by atoms with Gasteiger partial charge in [0, 0.05) is 11.5 Å². The maximum absolute atomic E-state index is 13.3. The Hall–Kier alpha value is -3.81. The lowest BCUT2D eigenvalue weighted by Crippen LogP contribution is -2.20. The van der Waals surface area contributed by atoms with Crippen LogP contribution in [0.2, 0.25) is 0 Å². The van der Waals surface area contributed by atoms with Crippen molar-refractivity contribution in [3.63, 3.8) is 0 Å². The Kier molecular flexibility index (Phi) is 7.21. The van der Waals surface area contributed by atoms with E-state index in [0.717, 1.165) is 72.9 Å². The molecule has 1 aliphatic rings. The number of unbranched alkanes of at least 4 members (excludes halogenated alkanes) is 1. The SMILES string of the molecule is CCCCc1c(C(=O)C2CCCCC2)[nH]c(=O)n1Cc1ccc(-c2ccccc2-c2nn[nH]n2)cc1. The second-order valence-electron chi connectivity index (χ2n) is 9.62. The number of benzene rings is 2. The van der Waals surface area contributed by atoms with Crippen molar-refractivity contribution in [2.24, 2.45) is 5.92 Å². The summed E-state index contributed by atoms with van der Waals surface area (Å²) in [7, 11) is 0. The van der Waals surface area contributed by atoms with Gasteiger partial charge in [0.05, 0.1) is 12.2 Å². The van der Waals surface area contributed by atoms with Gasteiger partial charge in [-0.1, -0.05) is 81.1 Å². The van der Waals surface area contributed by atoms with Gasteiger partial charge in [-0.2, -0.15) is 5.21 Å². The molecule has 2 heterocycles. The van der Waals surface area contributed by atoms with Crippen molar-refractivity contribution in [1.82, 2.24) is 30.2 Å². The molecule has 0 atom stereocenters. The number of aromatic nitrogens is 6. The first-order valence-corrected chi connectivity index (χ1v) is 12.9. The van der Waals surface area contributed by atoms with Crippen LogP contribution in [-0.2, 0) is 13.0 Å². The van der Waals surface area contributed by atoms with Crippen LogP contribution in [0, 0.1) is 5.92 Å². The van der Waals surface area contributed by atoms with Gasteiger partial charge >= 0.3 is 5.69 Å². The number of carbonyl (C=O) groups is 1. The Labute approximate surface area is 210 Å². The van der Waals surface area contributed by atoms with Crippen molar-refractivity contribution in [1.29, 1.82) is 0 Å². The van der Waals surface area contributed by atoms with Crippen molar-refractivity contribution in [2.75, 3.05) is 0 Å². The standard InChI is InChI=1S/C28H32N6O2/c1-2-3-13-24-25(26(35)21-9-5-4-6-10-21)29-28(36)34(24)18-19-14-16-20(17-15-19)22-11-7-8-12-23(22)27-30-32-33-31-27/h7-8,11-12,14-17,21H,2-6,9-10,13,18H2,1H3,(H,29,36)(H,30,31,32,33). The smallest absolute Gasteiger partial charge is 0.303 e. The summed E-state index contributed by atoms with van der Waals surface area (Å²) in [6.07, 6.45) is 7.89. The number of nitrogens with zero attached hydrogens (tertiary/aromatic N) is 4. The van der Waals surface area contributed by atoms with Gasteiger partial charge in [0.15, 0.2) is 5.78 Å². The van der Waals surface area contributed by atoms with Crippen molar-refractivity contribution in [3.05, 3.63) is 76.0 Å². The lowest BCUT2D eigenvalue weighted by atomic mass is 9.84. The molecule has 8 heteroatoms. The highest BCUT2D eigenvalue weighted by molar-refractivity contribution is 5.97. The van der Waals surface area contributed by atoms with Gasteiger partial charge in [-0.3, -0.25) is 9.36 Å². The van der Waals surface area contributed by atoms with Crippen molar-refractivity contribution < 1.29 is 4.79 Å². The van der Waals surface area contributed by atoms with Crippen LogP contribution in [0.4, 0.5) is 0 Å². The molecule has 0 spiro atoms. The van der Waals surface area contributed by atoms with E-state index < -0.39 is 0 Å². The lowest BCUT2D eigenvalue weighted by Gasteiger charge is -2.20. The molecule has 0 unspecified atom stereocenters. The van der Waals surface area contributed by atoms with E-state index in [-0.39, 0.29) is 17.4 Å². The zero-order chi connectivity index (χ0) is 24.9. The minimum atomic E-state index is -0.202. The number of rotatable bonds is 9. The summed E-state index contributed by atoms with van der Waals surface area (Å²) in [6, 6.07) is 16.1. The Morgan fingerprint density at radius 2 is 1.78 bits per heavy atom. The molecule has 186 valence electrons. The summed E-state index contributed by atoms with van der Waals surface area (Å²) in [5.41, 5.74) is 5.12. The van der Waals surface area contributed by atoms with Crippen LogP contribution in [0.5, 0.6) is 0 Å². The summed E-state index contributed by atoms with van der Waals surface area (Å²) >= 11 is 0. The van der Waals surface area contributed by atoms with Crippen LogP contribution in [0.15, 0.2) is 53.3 Å². The first-order valence-electron chi connectivity index (χ1n) is 12.9. The Bertz CT molecular complexity index is 1360. The van der Waals surface area contributed by atoms with E-state index >= 15 is 0 Å². The number of hydrogen-bond donors (Lipinski definition) is 2. The average Bonchev–Trinajstić information content (AvgIpc) is 3.57. The zero-order valence-electron chi connectivity index (χ0n) is 20.7. The van der Waals surface area contributed by atoms with Crippen molar-refractivity contribution in [3.8, 4) is 22.5 Å². The number of carbonyl (C=O) groups excluding carboxylic acids is 1. The van der Waals surface area contributed by atoms with Crippen LogP contribution < -0.4 is 5.69 Å². The van der Waals surface area contributed by atoms with Crippen LogP contribution >= 0.6 is 0 Å². The summed E-state index contributed by atoms with van der Waals surface area (Å²) < 4.78 is 1.76.